The van der Waals surface area contributed by atoms with Crippen molar-refractivity contribution in [3.05, 3.63) is 52.6 Å². The quantitative estimate of drug-likeness (QED) is 0.813. The van der Waals surface area contributed by atoms with E-state index in [0.717, 1.165) is 11.1 Å². The highest BCUT2D eigenvalue weighted by atomic mass is 35.5. The van der Waals surface area contributed by atoms with Crippen molar-refractivity contribution in [2.24, 2.45) is 0 Å². The minimum Gasteiger partial charge on any atom is -0.478 e. The lowest BCUT2D eigenvalue weighted by Crippen LogP contribution is -2.06. The first-order chi connectivity index (χ1) is 7.56. The summed E-state index contributed by atoms with van der Waals surface area (Å²) in [5.41, 5.74) is 2.06. The summed E-state index contributed by atoms with van der Waals surface area (Å²) in [5.74, 6) is -0.980. The first-order valence-electron chi connectivity index (χ1n) is 4.85. The molecule has 0 fully saturated rings. The molecular formula is C13H13ClO2. The molecule has 0 aliphatic rings. The average molecular weight is 237 g/mol. The van der Waals surface area contributed by atoms with Crippen LogP contribution >= 0.6 is 11.6 Å². The van der Waals surface area contributed by atoms with Crippen LogP contribution < -0.4 is 0 Å². The predicted molar refractivity (Wildman–Crippen MR) is 66.4 cm³/mol. The van der Waals surface area contributed by atoms with Gasteiger partial charge in [-0.15, -0.1) is 0 Å². The van der Waals surface area contributed by atoms with Crippen LogP contribution in [0.1, 0.15) is 18.1 Å². The highest BCUT2D eigenvalue weighted by Crippen LogP contribution is 2.19. The molecular weight excluding hydrogens is 224 g/mol. The number of rotatable bonds is 4. The first kappa shape index (κ1) is 12.5. The summed E-state index contributed by atoms with van der Waals surface area (Å²) in [6, 6.07) is 7.52. The Kier molecular flexibility index (Phi) is 4.32. The molecule has 1 rings (SSSR count). The van der Waals surface area contributed by atoms with E-state index in [1.54, 1.807) is 13.0 Å². The van der Waals surface area contributed by atoms with Gasteiger partial charge in [0.05, 0.1) is 5.57 Å². The maximum Gasteiger partial charge on any atom is 0.333 e. The molecule has 3 heteroatoms. The molecule has 1 N–H and O–H groups in total. The third kappa shape index (κ3) is 2.97. The van der Waals surface area contributed by atoms with Gasteiger partial charge in [-0.3, -0.25) is 0 Å². The summed E-state index contributed by atoms with van der Waals surface area (Å²) in [6.07, 6.45) is 2.02. The van der Waals surface area contributed by atoms with Gasteiger partial charge < -0.3 is 5.11 Å². The fourth-order valence-corrected chi connectivity index (χ4v) is 1.58. The Labute approximate surface area is 99.9 Å². The van der Waals surface area contributed by atoms with Gasteiger partial charge in [0.1, 0.15) is 0 Å². The zero-order valence-electron chi connectivity index (χ0n) is 9.03. The number of carboxylic acid groups (broad SMARTS) is 1. The second-order valence-electron chi connectivity index (χ2n) is 3.40. The molecule has 0 saturated carbocycles. The fourth-order valence-electron chi connectivity index (χ4n) is 1.43. The van der Waals surface area contributed by atoms with Crippen LogP contribution in [0.3, 0.4) is 0 Å². The van der Waals surface area contributed by atoms with Crippen LogP contribution in [-0.4, -0.2) is 11.1 Å². The van der Waals surface area contributed by atoms with E-state index in [2.05, 4.69) is 6.58 Å². The summed E-state index contributed by atoms with van der Waals surface area (Å²) in [6.45, 7) is 5.28. The monoisotopic (exact) mass is 236 g/mol. The van der Waals surface area contributed by atoms with Crippen molar-refractivity contribution in [2.75, 3.05) is 0 Å². The van der Waals surface area contributed by atoms with Crippen molar-refractivity contribution in [3.8, 4) is 0 Å². The summed E-state index contributed by atoms with van der Waals surface area (Å²) in [7, 11) is 0. The summed E-state index contributed by atoms with van der Waals surface area (Å²) in [5, 5.41) is 9.31. The van der Waals surface area contributed by atoms with Crippen molar-refractivity contribution >= 4 is 23.6 Å². The summed E-state index contributed by atoms with van der Waals surface area (Å²) in [4.78, 5) is 11.0. The van der Waals surface area contributed by atoms with E-state index in [9.17, 15) is 4.79 Å². The van der Waals surface area contributed by atoms with Crippen LogP contribution in [0.2, 0.25) is 0 Å². The molecule has 2 nitrogen and oxygen atoms in total. The zero-order valence-corrected chi connectivity index (χ0v) is 9.79. The molecule has 0 aromatic heterocycles. The standard InChI is InChI=1S/C13H13ClO2/c1-3-10-6-4-5-7-11(10)8-12(9(2)14)13(15)16/h3-7H,1,8H2,2H3,(H,15,16)/b12-9-. The van der Waals surface area contributed by atoms with Crippen molar-refractivity contribution in [1.29, 1.82) is 0 Å². The van der Waals surface area contributed by atoms with Gasteiger partial charge in [-0.05, 0) is 18.1 Å². The van der Waals surface area contributed by atoms with Crippen LogP contribution in [0, 0.1) is 0 Å². The Bertz CT molecular complexity index is 443. The number of aliphatic carboxylic acids is 1. The third-order valence-electron chi connectivity index (χ3n) is 2.32. The van der Waals surface area contributed by atoms with E-state index in [0.29, 0.717) is 11.5 Å². The maximum absolute atomic E-state index is 11.0. The van der Waals surface area contributed by atoms with Gasteiger partial charge in [0.2, 0.25) is 0 Å². The molecule has 0 aliphatic heterocycles. The molecule has 1 aromatic rings. The van der Waals surface area contributed by atoms with Gasteiger partial charge in [-0.25, -0.2) is 4.79 Å². The highest BCUT2D eigenvalue weighted by Gasteiger charge is 2.12. The smallest absolute Gasteiger partial charge is 0.333 e. The van der Waals surface area contributed by atoms with E-state index in [1.807, 2.05) is 24.3 Å². The number of benzene rings is 1. The molecule has 0 heterocycles. The zero-order chi connectivity index (χ0) is 12.1. The fraction of sp³-hybridized carbons (Fsp3) is 0.154. The van der Waals surface area contributed by atoms with Crippen molar-refractivity contribution in [2.45, 2.75) is 13.3 Å². The molecule has 1 aromatic carbocycles. The number of carbonyl (C=O) groups is 1. The lowest BCUT2D eigenvalue weighted by atomic mass is 10.00. The number of hydrogen-bond donors (Lipinski definition) is 1. The Balaban J connectivity index is 3.08. The molecule has 0 bridgehead atoms. The number of hydrogen-bond acceptors (Lipinski definition) is 1. The number of allylic oxidation sites excluding steroid dienone is 1. The van der Waals surface area contributed by atoms with Gasteiger partial charge in [-0.2, -0.15) is 0 Å². The lowest BCUT2D eigenvalue weighted by molar-refractivity contribution is -0.132. The Morgan fingerprint density at radius 3 is 2.62 bits per heavy atom. The van der Waals surface area contributed by atoms with Crippen LogP contribution in [0.15, 0.2) is 41.4 Å². The predicted octanol–water partition coefficient (Wildman–Crippen LogP) is 3.47. The molecule has 0 radical (unpaired) electrons. The van der Waals surface area contributed by atoms with Crippen molar-refractivity contribution < 1.29 is 9.90 Å². The van der Waals surface area contributed by atoms with Gasteiger partial charge in [0.15, 0.2) is 0 Å². The third-order valence-corrected chi connectivity index (χ3v) is 2.54. The second kappa shape index (κ2) is 5.52. The van der Waals surface area contributed by atoms with Gasteiger partial charge in [-0.1, -0.05) is 48.5 Å². The average Bonchev–Trinajstić information content (AvgIpc) is 2.25. The minimum atomic E-state index is -0.980. The van der Waals surface area contributed by atoms with Crippen molar-refractivity contribution in [3.63, 3.8) is 0 Å². The molecule has 0 amide bonds. The van der Waals surface area contributed by atoms with E-state index in [4.69, 9.17) is 16.7 Å². The number of halogens is 1. The highest BCUT2D eigenvalue weighted by molar-refractivity contribution is 6.31. The van der Waals surface area contributed by atoms with Gasteiger partial charge in [0.25, 0.3) is 0 Å². The molecule has 0 saturated heterocycles. The van der Waals surface area contributed by atoms with Gasteiger partial charge >= 0.3 is 5.97 Å². The SMILES string of the molecule is C=Cc1ccccc1C/C(C(=O)O)=C(\C)Cl. The van der Waals surface area contributed by atoms with E-state index in [-0.39, 0.29) is 5.57 Å². The van der Waals surface area contributed by atoms with E-state index in [1.165, 1.54) is 0 Å². The van der Waals surface area contributed by atoms with Gasteiger partial charge in [0, 0.05) is 11.5 Å². The molecule has 0 spiro atoms. The Morgan fingerprint density at radius 1 is 1.50 bits per heavy atom. The largest absolute Gasteiger partial charge is 0.478 e. The van der Waals surface area contributed by atoms with Crippen LogP contribution in [0.25, 0.3) is 6.08 Å². The maximum atomic E-state index is 11.0. The first-order valence-corrected chi connectivity index (χ1v) is 5.23. The topological polar surface area (TPSA) is 37.3 Å². The summed E-state index contributed by atoms with van der Waals surface area (Å²) < 4.78 is 0. The van der Waals surface area contributed by atoms with Crippen molar-refractivity contribution in [1.82, 2.24) is 0 Å². The normalized spacial score (nSPS) is 11.9. The molecule has 0 atom stereocenters. The lowest BCUT2D eigenvalue weighted by Gasteiger charge is -2.07. The Hall–Kier alpha value is -1.54. The van der Waals surface area contributed by atoms with Crippen LogP contribution in [0.5, 0.6) is 0 Å². The minimum absolute atomic E-state index is 0.218. The second-order valence-corrected chi connectivity index (χ2v) is 3.96. The van der Waals surface area contributed by atoms with E-state index < -0.39 is 5.97 Å². The Morgan fingerprint density at radius 2 is 2.12 bits per heavy atom. The molecule has 16 heavy (non-hydrogen) atoms. The van der Waals surface area contributed by atoms with Crippen LogP contribution in [0.4, 0.5) is 0 Å². The molecule has 0 aliphatic carbocycles. The van der Waals surface area contributed by atoms with E-state index >= 15 is 0 Å². The molecule has 84 valence electrons. The molecule has 0 unspecified atom stereocenters. The summed E-state index contributed by atoms with van der Waals surface area (Å²) >= 11 is 5.76. The number of carboxylic acids is 1. The van der Waals surface area contributed by atoms with Crippen LogP contribution in [-0.2, 0) is 11.2 Å².